The third-order valence-corrected chi connectivity index (χ3v) is 2.69. The van der Waals surface area contributed by atoms with Crippen LogP contribution in [-0.4, -0.2) is 31.6 Å². The smallest absolute Gasteiger partial charge is 0.181 e. The summed E-state index contributed by atoms with van der Waals surface area (Å²) >= 11 is 0. The molecule has 0 unspecified atom stereocenters. The molecule has 90 valence electrons. The van der Waals surface area contributed by atoms with Crippen molar-refractivity contribution in [2.45, 2.75) is 0 Å². The average Bonchev–Trinajstić information content (AvgIpc) is 2.80. The number of hydrogen-bond acceptors (Lipinski definition) is 5. The second-order valence-electron chi connectivity index (χ2n) is 3.87. The summed E-state index contributed by atoms with van der Waals surface area (Å²) < 4.78 is 7.01. The van der Waals surface area contributed by atoms with Crippen LogP contribution in [0.5, 0.6) is 5.75 Å². The molecule has 0 aromatic carbocycles. The number of ether oxygens (including phenoxy) is 1. The summed E-state index contributed by atoms with van der Waals surface area (Å²) in [4.78, 5) is 17.0. The van der Waals surface area contributed by atoms with E-state index in [0.29, 0.717) is 17.2 Å². The Kier molecular flexibility index (Phi) is 2.40. The minimum atomic E-state index is 0.590. The number of fused-ring (bicyclic) bond motifs is 1. The first-order chi connectivity index (χ1) is 8.78. The van der Waals surface area contributed by atoms with E-state index in [1.54, 1.807) is 32.0 Å². The summed E-state index contributed by atoms with van der Waals surface area (Å²) in [5, 5.41) is 0. The Morgan fingerprint density at radius 3 is 2.89 bits per heavy atom. The van der Waals surface area contributed by atoms with Crippen molar-refractivity contribution in [3.63, 3.8) is 0 Å². The Balaban J connectivity index is 2.13. The molecular weight excluding hydrogens is 230 g/mol. The summed E-state index contributed by atoms with van der Waals surface area (Å²) in [5.74, 6) is 1.27. The van der Waals surface area contributed by atoms with Crippen LogP contribution in [0.4, 0.5) is 0 Å². The van der Waals surface area contributed by atoms with Crippen LogP contribution in [0.1, 0.15) is 0 Å². The zero-order chi connectivity index (χ0) is 12.5. The second-order valence-corrected chi connectivity index (χ2v) is 3.87. The number of methoxy groups -OCH3 is 1. The van der Waals surface area contributed by atoms with Crippen molar-refractivity contribution in [2.24, 2.45) is 7.05 Å². The predicted octanol–water partition coefficient (Wildman–Crippen LogP) is 1.43. The van der Waals surface area contributed by atoms with E-state index in [-0.39, 0.29) is 0 Å². The van der Waals surface area contributed by atoms with Crippen LogP contribution in [0.2, 0.25) is 0 Å². The van der Waals surface area contributed by atoms with Gasteiger partial charge >= 0.3 is 0 Å². The molecule has 18 heavy (non-hydrogen) atoms. The van der Waals surface area contributed by atoms with Gasteiger partial charge in [0.15, 0.2) is 11.5 Å². The van der Waals surface area contributed by atoms with Gasteiger partial charge in [0.05, 0.1) is 25.8 Å². The maximum Gasteiger partial charge on any atom is 0.181 e. The van der Waals surface area contributed by atoms with Crippen molar-refractivity contribution < 1.29 is 4.74 Å². The van der Waals surface area contributed by atoms with Crippen molar-refractivity contribution in [1.29, 1.82) is 0 Å². The topological polar surface area (TPSA) is 65.7 Å². The Labute approximate surface area is 103 Å². The quantitative estimate of drug-likeness (QED) is 0.679. The first kappa shape index (κ1) is 10.6. The van der Waals surface area contributed by atoms with Crippen LogP contribution in [-0.2, 0) is 7.05 Å². The molecule has 0 aliphatic heterocycles. The van der Waals surface area contributed by atoms with Crippen molar-refractivity contribution >= 4 is 11.2 Å². The van der Waals surface area contributed by atoms with Gasteiger partial charge in [-0.25, -0.2) is 15.0 Å². The molecule has 6 nitrogen and oxygen atoms in total. The number of pyridine rings is 1. The van der Waals surface area contributed by atoms with Crippen LogP contribution in [0.25, 0.3) is 22.6 Å². The molecule has 0 fully saturated rings. The zero-order valence-electron chi connectivity index (χ0n) is 10.0. The van der Waals surface area contributed by atoms with Crippen molar-refractivity contribution in [3.8, 4) is 17.1 Å². The molecule has 0 aliphatic rings. The number of nitrogens with zero attached hydrogens (tertiary/aromatic N) is 5. The van der Waals surface area contributed by atoms with Crippen LogP contribution in [0, 0.1) is 0 Å². The van der Waals surface area contributed by atoms with Crippen molar-refractivity contribution in [2.75, 3.05) is 7.11 Å². The van der Waals surface area contributed by atoms with Crippen molar-refractivity contribution in [1.82, 2.24) is 24.5 Å². The number of aryl methyl sites for hydroxylation is 1. The molecule has 0 N–H and O–H groups in total. The first-order valence-electron chi connectivity index (χ1n) is 5.41. The molecule has 0 bridgehead atoms. The Bertz CT molecular complexity index is 707. The molecule has 0 saturated carbocycles. The molecule has 3 rings (SSSR count). The lowest BCUT2D eigenvalue weighted by Crippen LogP contribution is -1.93. The minimum Gasteiger partial charge on any atom is -0.495 e. The van der Waals surface area contributed by atoms with E-state index in [9.17, 15) is 0 Å². The zero-order valence-corrected chi connectivity index (χ0v) is 10.0. The summed E-state index contributed by atoms with van der Waals surface area (Å²) in [6, 6.07) is 1.84. The van der Waals surface area contributed by atoms with Gasteiger partial charge in [0.2, 0.25) is 0 Å². The predicted molar refractivity (Wildman–Crippen MR) is 66.1 cm³/mol. The van der Waals surface area contributed by atoms with Gasteiger partial charge in [-0.05, 0) is 6.07 Å². The third kappa shape index (κ3) is 1.67. The molecule has 0 aliphatic carbocycles. The molecule has 6 heteroatoms. The average molecular weight is 241 g/mol. The molecule has 0 amide bonds. The fourth-order valence-corrected chi connectivity index (χ4v) is 1.71. The number of rotatable bonds is 2. The number of imidazole rings is 1. The Morgan fingerprint density at radius 1 is 1.17 bits per heavy atom. The van der Waals surface area contributed by atoms with Crippen LogP contribution in [0.15, 0.2) is 31.0 Å². The van der Waals surface area contributed by atoms with Crippen molar-refractivity contribution in [3.05, 3.63) is 31.0 Å². The lowest BCUT2D eigenvalue weighted by Gasteiger charge is -2.02. The molecular formula is C12H11N5O. The van der Waals surface area contributed by atoms with E-state index >= 15 is 0 Å². The van der Waals surface area contributed by atoms with Crippen LogP contribution >= 0.6 is 0 Å². The maximum atomic E-state index is 5.13. The number of hydrogen-bond donors (Lipinski definition) is 0. The minimum absolute atomic E-state index is 0.590. The fraction of sp³-hybridized carbons (Fsp3) is 0.167. The summed E-state index contributed by atoms with van der Waals surface area (Å²) in [6.07, 6.45) is 6.81. The highest BCUT2D eigenvalue weighted by Crippen LogP contribution is 2.20. The SMILES string of the molecule is COc1cncc(-c2ncc3c(ncn3C)n2)c1. The Morgan fingerprint density at radius 2 is 2.06 bits per heavy atom. The molecule has 0 radical (unpaired) electrons. The summed E-state index contributed by atoms with van der Waals surface area (Å²) in [5.41, 5.74) is 2.38. The summed E-state index contributed by atoms with van der Waals surface area (Å²) in [6.45, 7) is 0. The third-order valence-electron chi connectivity index (χ3n) is 2.69. The fourth-order valence-electron chi connectivity index (χ4n) is 1.71. The van der Waals surface area contributed by atoms with E-state index in [1.807, 2.05) is 17.7 Å². The largest absolute Gasteiger partial charge is 0.495 e. The second kappa shape index (κ2) is 4.06. The highest BCUT2D eigenvalue weighted by Gasteiger charge is 2.07. The summed E-state index contributed by atoms with van der Waals surface area (Å²) in [7, 11) is 3.51. The molecule has 0 saturated heterocycles. The van der Waals surface area contributed by atoms with Gasteiger partial charge in [0.25, 0.3) is 0 Å². The van der Waals surface area contributed by atoms with E-state index in [0.717, 1.165) is 11.1 Å². The lowest BCUT2D eigenvalue weighted by atomic mass is 10.2. The highest BCUT2D eigenvalue weighted by atomic mass is 16.5. The van der Waals surface area contributed by atoms with E-state index in [4.69, 9.17) is 4.74 Å². The van der Waals surface area contributed by atoms with Gasteiger partial charge in [-0.15, -0.1) is 0 Å². The van der Waals surface area contributed by atoms with Gasteiger partial charge in [0.1, 0.15) is 11.3 Å². The van der Waals surface area contributed by atoms with E-state index < -0.39 is 0 Å². The monoisotopic (exact) mass is 241 g/mol. The Hall–Kier alpha value is -2.50. The van der Waals surface area contributed by atoms with Gasteiger partial charge in [-0.1, -0.05) is 0 Å². The van der Waals surface area contributed by atoms with Crippen LogP contribution < -0.4 is 4.74 Å². The first-order valence-corrected chi connectivity index (χ1v) is 5.41. The van der Waals surface area contributed by atoms with Gasteiger partial charge in [-0.3, -0.25) is 4.98 Å². The van der Waals surface area contributed by atoms with Gasteiger partial charge < -0.3 is 9.30 Å². The molecule has 0 atom stereocenters. The molecule has 3 aromatic heterocycles. The normalized spacial score (nSPS) is 10.8. The molecule has 0 spiro atoms. The van der Waals surface area contributed by atoms with Gasteiger partial charge in [-0.2, -0.15) is 0 Å². The van der Waals surface area contributed by atoms with Gasteiger partial charge in [0, 0.05) is 18.8 Å². The standard InChI is InChI=1S/C12H11N5O/c1-17-7-15-12-10(17)6-14-11(16-12)8-3-9(18-2)5-13-4-8/h3-7H,1-2H3. The lowest BCUT2D eigenvalue weighted by molar-refractivity contribution is 0.413. The maximum absolute atomic E-state index is 5.13. The molecule has 3 heterocycles. The van der Waals surface area contributed by atoms with Crippen LogP contribution in [0.3, 0.4) is 0 Å². The number of aromatic nitrogens is 5. The van der Waals surface area contributed by atoms with E-state index in [2.05, 4.69) is 19.9 Å². The molecule has 3 aromatic rings. The highest BCUT2D eigenvalue weighted by molar-refractivity contribution is 5.72. The van der Waals surface area contributed by atoms with E-state index in [1.165, 1.54) is 0 Å².